The van der Waals surface area contributed by atoms with Crippen LogP contribution >= 0.6 is 0 Å². The van der Waals surface area contributed by atoms with Gasteiger partial charge in [-0.2, -0.15) is 0 Å². The lowest BCUT2D eigenvalue weighted by molar-refractivity contribution is 0.180. The zero-order valence-electron chi connectivity index (χ0n) is 7.99. The molecule has 2 unspecified atom stereocenters. The molecular weight excluding hydrogens is 136 g/mol. The standard InChI is InChI=1S/C10H10O/c11-10-7-3-5-8-4-1-2-6-9(8)10/h1-6,10-11H,7H2/i7D,10D. The van der Waals surface area contributed by atoms with Crippen molar-refractivity contribution >= 4 is 6.08 Å². The average Bonchev–Trinajstić information content (AvgIpc) is 2.13. The van der Waals surface area contributed by atoms with E-state index in [1.165, 1.54) is 6.08 Å². The van der Waals surface area contributed by atoms with Crippen molar-refractivity contribution in [1.29, 1.82) is 0 Å². The molecule has 0 bridgehead atoms. The van der Waals surface area contributed by atoms with Crippen molar-refractivity contribution in [1.82, 2.24) is 0 Å². The molecule has 1 nitrogen and oxygen atoms in total. The molecule has 0 saturated carbocycles. The Balaban J connectivity index is 2.61. The monoisotopic (exact) mass is 148 g/mol. The average molecular weight is 148 g/mol. The van der Waals surface area contributed by atoms with E-state index in [0.717, 1.165) is 5.56 Å². The van der Waals surface area contributed by atoms with Crippen LogP contribution in [0.3, 0.4) is 0 Å². The molecule has 1 aromatic carbocycles. The summed E-state index contributed by atoms with van der Waals surface area (Å²) in [4.78, 5) is 0. The minimum Gasteiger partial charge on any atom is -0.388 e. The number of benzene rings is 1. The summed E-state index contributed by atoms with van der Waals surface area (Å²) in [5, 5.41) is 9.72. The van der Waals surface area contributed by atoms with Gasteiger partial charge < -0.3 is 5.11 Å². The molecule has 1 N–H and O–H groups in total. The van der Waals surface area contributed by atoms with Gasteiger partial charge in [0.1, 0.15) is 0 Å². The number of fused-ring (bicyclic) bond motifs is 1. The second-order valence-corrected chi connectivity index (χ2v) is 2.50. The van der Waals surface area contributed by atoms with E-state index in [1.807, 2.05) is 12.1 Å². The van der Waals surface area contributed by atoms with E-state index in [2.05, 4.69) is 0 Å². The van der Waals surface area contributed by atoms with Crippen molar-refractivity contribution in [2.75, 3.05) is 0 Å². The minimum atomic E-state index is -1.80. The first kappa shape index (κ1) is 4.73. The Morgan fingerprint density at radius 1 is 1.55 bits per heavy atom. The molecule has 0 aliphatic heterocycles. The minimum absolute atomic E-state index is 0.512. The molecule has 1 aliphatic rings. The number of rotatable bonds is 0. The van der Waals surface area contributed by atoms with Gasteiger partial charge in [-0.1, -0.05) is 36.4 Å². The zero-order chi connectivity index (χ0) is 9.47. The van der Waals surface area contributed by atoms with Crippen LogP contribution in [0.4, 0.5) is 0 Å². The number of aliphatic hydroxyl groups is 1. The second kappa shape index (κ2) is 2.51. The highest BCUT2D eigenvalue weighted by Crippen LogP contribution is 2.26. The van der Waals surface area contributed by atoms with Gasteiger partial charge in [-0.15, -0.1) is 0 Å². The lowest BCUT2D eigenvalue weighted by Crippen LogP contribution is -2.01. The molecule has 0 aromatic heterocycles. The maximum atomic E-state index is 9.72. The van der Waals surface area contributed by atoms with Crippen LogP contribution < -0.4 is 0 Å². The summed E-state index contributed by atoms with van der Waals surface area (Å²) in [7, 11) is 0. The molecule has 1 aromatic rings. The molecule has 0 radical (unpaired) electrons. The maximum absolute atomic E-state index is 9.72. The molecular formula is C10H10O. The van der Waals surface area contributed by atoms with Gasteiger partial charge in [0.05, 0.1) is 7.45 Å². The van der Waals surface area contributed by atoms with Crippen LogP contribution in [0.1, 0.15) is 26.3 Å². The van der Waals surface area contributed by atoms with E-state index in [-0.39, 0.29) is 0 Å². The topological polar surface area (TPSA) is 20.2 Å². The largest absolute Gasteiger partial charge is 0.388 e. The van der Waals surface area contributed by atoms with Crippen molar-refractivity contribution in [2.45, 2.75) is 12.5 Å². The molecule has 0 amide bonds. The molecule has 11 heavy (non-hydrogen) atoms. The smallest absolute Gasteiger partial charge is 0.0830 e. The fourth-order valence-corrected chi connectivity index (χ4v) is 1.21. The van der Waals surface area contributed by atoms with Crippen molar-refractivity contribution in [3.8, 4) is 0 Å². The molecule has 0 heterocycles. The highest BCUT2D eigenvalue weighted by atomic mass is 16.3. The molecule has 1 heteroatoms. The molecule has 2 rings (SSSR count). The third-order valence-corrected chi connectivity index (χ3v) is 1.77. The fraction of sp³-hybridized carbons (Fsp3) is 0.200. The van der Waals surface area contributed by atoms with Crippen LogP contribution in [0.2, 0.25) is 0 Å². The Labute approximate surface area is 68.8 Å². The highest BCUT2D eigenvalue weighted by Gasteiger charge is 2.11. The highest BCUT2D eigenvalue weighted by molar-refractivity contribution is 5.56. The first-order chi connectivity index (χ1) is 6.12. The molecule has 0 spiro atoms. The van der Waals surface area contributed by atoms with Gasteiger partial charge in [0.15, 0.2) is 0 Å². The molecule has 2 atom stereocenters. The molecule has 0 saturated heterocycles. The van der Waals surface area contributed by atoms with Gasteiger partial charge in [-0.3, -0.25) is 0 Å². The molecule has 0 fully saturated rings. The zero-order valence-corrected chi connectivity index (χ0v) is 5.99. The molecule has 1 aliphatic carbocycles. The van der Waals surface area contributed by atoms with E-state index < -0.39 is 12.5 Å². The maximum Gasteiger partial charge on any atom is 0.0830 e. The summed E-state index contributed by atoms with van der Waals surface area (Å²) < 4.78 is 15.1. The van der Waals surface area contributed by atoms with Gasteiger partial charge >= 0.3 is 0 Å². The van der Waals surface area contributed by atoms with Crippen LogP contribution in [0.15, 0.2) is 30.3 Å². The number of hydrogen-bond acceptors (Lipinski definition) is 1. The normalized spacial score (nSPS) is 37.4. The Hall–Kier alpha value is -1.08. The lowest BCUT2D eigenvalue weighted by atomic mass is 9.95. The Morgan fingerprint density at radius 3 is 3.27 bits per heavy atom. The lowest BCUT2D eigenvalue weighted by Gasteiger charge is -2.15. The Bertz CT molecular complexity index is 358. The van der Waals surface area contributed by atoms with Crippen LogP contribution in [0.25, 0.3) is 6.08 Å². The summed E-state index contributed by atoms with van der Waals surface area (Å²) in [5.74, 6) is 0. The van der Waals surface area contributed by atoms with Crippen molar-refractivity contribution in [2.24, 2.45) is 0 Å². The van der Waals surface area contributed by atoms with Crippen molar-refractivity contribution < 1.29 is 7.85 Å². The number of hydrogen-bond donors (Lipinski definition) is 1. The van der Waals surface area contributed by atoms with Gasteiger partial charge in [0.25, 0.3) is 0 Å². The Morgan fingerprint density at radius 2 is 2.36 bits per heavy atom. The fourth-order valence-electron chi connectivity index (χ4n) is 1.21. The third kappa shape index (κ3) is 1.08. The van der Waals surface area contributed by atoms with Gasteiger partial charge in [-0.25, -0.2) is 0 Å². The third-order valence-electron chi connectivity index (χ3n) is 1.77. The summed E-state index contributed by atoms with van der Waals surface area (Å²) in [6.45, 7) is 0. The van der Waals surface area contributed by atoms with E-state index >= 15 is 0 Å². The van der Waals surface area contributed by atoms with Gasteiger partial charge in [-0.05, 0) is 17.5 Å². The Kier molecular flexibility index (Phi) is 1.08. The second-order valence-electron chi connectivity index (χ2n) is 2.50. The van der Waals surface area contributed by atoms with Crippen LogP contribution in [0.5, 0.6) is 0 Å². The summed E-state index contributed by atoms with van der Waals surface area (Å²) in [6, 6.07) is 7.14. The summed E-state index contributed by atoms with van der Waals surface area (Å²) in [5.41, 5.74) is 1.33. The van der Waals surface area contributed by atoms with E-state index in [4.69, 9.17) is 2.74 Å². The van der Waals surface area contributed by atoms with E-state index in [9.17, 15) is 5.11 Å². The molecule has 56 valence electrons. The van der Waals surface area contributed by atoms with Crippen LogP contribution in [0, 0.1) is 0 Å². The quantitative estimate of drug-likeness (QED) is 0.597. The summed E-state index contributed by atoms with van der Waals surface area (Å²) in [6.07, 6.45) is 0.610. The first-order valence-corrected chi connectivity index (χ1v) is 3.54. The first-order valence-electron chi connectivity index (χ1n) is 4.62. The van der Waals surface area contributed by atoms with Crippen LogP contribution in [-0.2, 0) is 0 Å². The van der Waals surface area contributed by atoms with Crippen molar-refractivity contribution in [3.63, 3.8) is 0 Å². The van der Waals surface area contributed by atoms with E-state index in [1.54, 1.807) is 18.2 Å². The van der Waals surface area contributed by atoms with Gasteiger partial charge in [0, 0.05) is 1.37 Å². The van der Waals surface area contributed by atoms with Crippen LogP contribution in [-0.4, -0.2) is 5.11 Å². The predicted octanol–water partition coefficient (Wildman–Crippen LogP) is 2.14. The SMILES string of the molecule is [2H]C1C=Cc2ccccc2C1([2H])O. The predicted molar refractivity (Wildman–Crippen MR) is 45.1 cm³/mol. The van der Waals surface area contributed by atoms with Gasteiger partial charge in [0.2, 0.25) is 0 Å². The summed E-state index contributed by atoms with van der Waals surface area (Å²) >= 11 is 0. The van der Waals surface area contributed by atoms with E-state index in [0.29, 0.717) is 5.56 Å². The van der Waals surface area contributed by atoms with Crippen molar-refractivity contribution in [3.05, 3.63) is 41.5 Å².